The van der Waals surface area contributed by atoms with Crippen LogP contribution in [0.3, 0.4) is 0 Å². The van der Waals surface area contributed by atoms with Crippen molar-refractivity contribution >= 4 is 39.2 Å². The molecule has 0 aliphatic rings. The molecule has 0 saturated heterocycles. The molecule has 0 aliphatic carbocycles. The number of nitro groups is 1. The summed E-state index contributed by atoms with van der Waals surface area (Å²) in [6.07, 6.45) is 1.62. The summed E-state index contributed by atoms with van der Waals surface area (Å²) in [6, 6.07) is 8.02. The minimum absolute atomic E-state index is 0.0904. The smallest absolute Gasteiger partial charge is 0.284 e. The van der Waals surface area contributed by atoms with Crippen molar-refractivity contribution in [2.45, 2.75) is 16.8 Å². The second-order valence-corrected chi connectivity index (χ2v) is 5.89. The quantitative estimate of drug-likeness (QED) is 0.470. The highest BCUT2D eigenvalue weighted by Crippen LogP contribution is 2.34. The molecule has 2 aromatic rings. The van der Waals surface area contributed by atoms with E-state index >= 15 is 0 Å². The van der Waals surface area contributed by atoms with E-state index in [0.717, 1.165) is 4.47 Å². The lowest BCUT2D eigenvalue weighted by Gasteiger charge is -2.04. The largest absolute Gasteiger partial charge is 0.295 e. The highest BCUT2D eigenvalue weighted by molar-refractivity contribution is 9.10. The number of nitrogens with zero attached hydrogens (tertiary/aromatic N) is 2. The molecular formula is C13H9BrN2O3S. The first-order valence-electron chi connectivity index (χ1n) is 5.56. The van der Waals surface area contributed by atoms with Crippen molar-refractivity contribution in [3.8, 4) is 0 Å². The van der Waals surface area contributed by atoms with E-state index in [0.29, 0.717) is 15.5 Å². The lowest BCUT2D eigenvalue weighted by molar-refractivity contribution is -0.387. The number of nitro benzene ring substituents is 1. The van der Waals surface area contributed by atoms with Crippen molar-refractivity contribution in [2.24, 2.45) is 0 Å². The lowest BCUT2D eigenvalue weighted by Crippen LogP contribution is -1.97. The molecular weight excluding hydrogens is 344 g/mol. The van der Waals surface area contributed by atoms with Crippen LogP contribution in [0.5, 0.6) is 0 Å². The Balaban J connectivity index is 2.38. The number of ketones is 1. The van der Waals surface area contributed by atoms with Crippen LogP contribution < -0.4 is 0 Å². The van der Waals surface area contributed by atoms with E-state index in [4.69, 9.17) is 0 Å². The van der Waals surface area contributed by atoms with Gasteiger partial charge in [0.15, 0.2) is 5.78 Å². The van der Waals surface area contributed by atoms with Crippen LogP contribution in [0, 0.1) is 10.1 Å². The number of pyridine rings is 1. The molecule has 2 rings (SSSR count). The molecule has 1 heterocycles. The van der Waals surface area contributed by atoms with Crippen LogP contribution in [-0.2, 0) is 0 Å². The van der Waals surface area contributed by atoms with Gasteiger partial charge in [0.25, 0.3) is 5.69 Å². The van der Waals surface area contributed by atoms with Gasteiger partial charge in [0.1, 0.15) is 5.03 Å². The Labute approximate surface area is 127 Å². The zero-order chi connectivity index (χ0) is 14.7. The highest BCUT2D eigenvalue weighted by Gasteiger charge is 2.17. The fourth-order valence-electron chi connectivity index (χ4n) is 1.50. The maximum Gasteiger partial charge on any atom is 0.284 e. The fraction of sp³-hybridized carbons (Fsp3) is 0.0769. The third-order valence-corrected chi connectivity index (χ3v) is 3.96. The second kappa shape index (κ2) is 6.15. The maximum atomic E-state index is 11.3. The summed E-state index contributed by atoms with van der Waals surface area (Å²) in [5.41, 5.74) is 0.234. The van der Waals surface area contributed by atoms with E-state index in [1.807, 2.05) is 6.07 Å². The molecule has 0 radical (unpaired) electrons. The van der Waals surface area contributed by atoms with Crippen LogP contribution in [-0.4, -0.2) is 15.7 Å². The number of Topliss-reactive ketones (excluding diaryl/α,β-unsaturated/α-hetero) is 1. The Hall–Kier alpha value is -1.73. The SMILES string of the molecule is CC(=O)c1ccc(Sc2ccc(Br)cn2)c([N+](=O)[O-])c1. The Morgan fingerprint density at radius 2 is 2.10 bits per heavy atom. The van der Waals surface area contributed by atoms with Gasteiger partial charge >= 0.3 is 0 Å². The van der Waals surface area contributed by atoms with Crippen molar-refractivity contribution < 1.29 is 9.72 Å². The van der Waals surface area contributed by atoms with Crippen molar-refractivity contribution in [3.05, 3.63) is 56.7 Å². The number of benzene rings is 1. The summed E-state index contributed by atoms with van der Waals surface area (Å²) < 4.78 is 0.836. The maximum absolute atomic E-state index is 11.3. The number of carbonyl (C=O) groups excluding carboxylic acids is 1. The van der Waals surface area contributed by atoms with Gasteiger partial charge in [-0.15, -0.1) is 0 Å². The number of halogens is 1. The number of hydrogen-bond donors (Lipinski definition) is 0. The van der Waals surface area contributed by atoms with Crippen LogP contribution in [0.15, 0.2) is 50.9 Å². The topological polar surface area (TPSA) is 73.1 Å². The predicted octanol–water partition coefficient (Wildman–Crippen LogP) is 4.11. The van der Waals surface area contributed by atoms with Crippen molar-refractivity contribution in [3.63, 3.8) is 0 Å². The zero-order valence-corrected chi connectivity index (χ0v) is 12.8. The van der Waals surface area contributed by atoms with E-state index in [2.05, 4.69) is 20.9 Å². The van der Waals surface area contributed by atoms with Gasteiger partial charge in [-0.1, -0.05) is 11.8 Å². The van der Waals surface area contributed by atoms with Gasteiger partial charge in [0.2, 0.25) is 0 Å². The summed E-state index contributed by atoms with van der Waals surface area (Å²) >= 11 is 4.46. The standard InChI is InChI=1S/C13H9BrN2O3S/c1-8(17)9-2-4-12(11(6-9)16(18)19)20-13-5-3-10(14)7-15-13/h2-7H,1H3. The lowest BCUT2D eigenvalue weighted by atomic mass is 10.1. The number of carbonyl (C=O) groups is 1. The Morgan fingerprint density at radius 3 is 2.65 bits per heavy atom. The Kier molecular flexibility index (Phi) is 4.51. The van der Waals surface area contributed by atoms with Crippen molar-refractivity contribution in [1.29, 1.82) is 0 Å². The van der Waals surface area contributed by atoms with E-state index in [-0.39, 0.29) is 11.5 Å². The van der Waals surface area contributed by atoms with Gasteiger partial charge in [-0.2, -0.15) is 0 Å². The highest BCUT2D eigenvalue weighted by atomic mass is 79.9. The van der Waals surface area contributed by atoms with Crippen molar-refractivity contribution in [2.75, 3.05) is 0 Å². The Morgan fingerprint density at radius 1 is 1.35 bits per heavy atom. The molecule has 20 heavy (non-hydrogen) atoms. The third kappa shape index (κ3) is 3.43. The van der Waals surface area contributed by atoms with Crippen LogP contribution in [0.2, 0.25) is 0 Å². The van der Waals surface area contributed by atoms with E-state index in [1.54, 1.807) is 24.4 Å². The minimum atomic E-state index is -0.492. The van der Waals surface area contributed by atoms with Gasteiger partial charge in [-0.05, 0) is 47.1 Å². The number of rotatable bonds is 4. The monoisotopic (exact) mass is 352 g/mol. The summed E-state index contributed by atoms with van der Waals surface area (Å²) in [4.78, 5) is 26.5. The number of hydrogen-bond acceptors (Lipinski definition) is 5. The van der Waals surface area contributed by atoms with Crippen LogP contribution in [0.25, 0.3) is 0 Å². The van der Waals surface area contributed by atoms with E-state index in [9.17, 15) is 14.9 Å². The van der Waals surface area contributed by atoms with Gasteiger partial charge in [-0.25, -0.2) is 4.98 Å². The van der Waals surface area contributed by atoms with Gasteiger partial charge in [0.05, 0.1) is 9.82 Å². The molecule has 0 fully saturated rings. The Bertz CT molecular complexity index is 674. The molecule has 0 bridgehead atoms. The van der Waals surface area contributed by atoms with E-state index < -0.39 is 4.92 Å². The summed E-state index contributed by atoms with van der Waals surface area (Å²) in [5, 5.41) is 11.7. The first-order chi connectivity index (χ1) is 9.47. The molecule has 0 atom stereocenters. The van der Waals surface area contributed by atoms with Crippen molar-refractivity contribution in [1.82, 2.24) is 4.98 Å². The average Bonchev–Trinajstić information content (AvgIpc) is 2.41. The molecule has 102 valence electrons. The van der Waals surface area contributed by atoms with Crippen LogP contribution in [0.4, 0.5) is 5.69 Å². The molecule has 1 aromatic carbocycles. The molecule has 0 amide bonds. The predicted molar refractivity (Wildman–Crippen MR) is 79.2 cm³/mol. The second-order valence-electron chi connectivity index (χ2n) is 3.91. The van der Waals surface area contributed by atoms with Gasteiger partial charge in [-0.3, -0.25) is 14.9 Å². The summed E-state index contributed by atoms with van der Waals surface area (Å²) in [6.45, 7) is 1.38. The minimum Gasteiger partial charge on any atom is -0.295 e. The normalized spacial score (nSPS) is 10.3. The van der Waals surface area contributed by atoms with E-state index in [1.165, 1.54) is 24.8 Å². The molecule has 0 spiro atoms. The molecule has 5 nitrogen and oxygen atoms in total. The molecule has 0 saturated carbocycles. The summed E-state index contributed by atoms with van der Waals surface area (Å²) in [7, 11) is 0. The molecule has 0 aliphatic heterocycles. The van der Waals surface area contributed by atoms with Gasteiger partial charge < -0.3 is 0 Å². The summed E-state index contributed by atoms with van der Waals surface area (Å²) in [5.74, 6) is -0.202. The molecule has 0 unspecified atom stereocenters. The average molecular weight is 353 g/mol. The van der Waals surface area contributed by atoms with Gasteiger partial charge in [0, 0.05) is 22.3 Å². The molecule has 1 aromatic heterocycles. The third-order valence-electron chi connectivity index (χ3n) is 2.48. The molecule has 7 heteroatoms. The zero-order valence-electron chi connectivity index (χ0n) is 10.4. The number of aromatic nitrogens is 1. The fourth-order valence-corrected chi connectivity index (χ4v) is 2.58. The first kappa shape index (κ1) is 14.7. The first-order valence-corrected chi connectivity index (χ1v) is 7.17. The van der Waals surface area contributed by atoms with Crippen LogP contribution >= 0.6 is 27.7 Å². The van der Waals surface area contributed by atoms with Crippen LogP contribution in [0.1, 0.15) is 17.3 Å². The molecule has 0 N–H and O–H groups in total.